The highest BCUT2D eigenvalue weighted by molar-refractivity contribution is 6.32. The fourth-order valence-electron chi connectivity index (χ4n) is 1.46. The van der Waals surface area contributed by atoms with Gasteiger partial charge in [-0.2, -0.15) is 0 Å². The third-order valence-corrected chi connectivity index (χ3v) is 2.48. The first-order valence-electron chi connectivity index (χ1n) is 4.07. The molecule has 0 unspecified atom stereocenters. The van der Waals surface area contributed by atoms with Gasteiger partial charge in [-0.3, -0.25) is 0 Å². The maximum atomic E-state index is 10.9. The van der Waals surface area contributed by atoms with E-state index in [1.165, 1.54) is 0 Å². The maximum Gasteiger partial charge on any atom is 0.109 e. The molecule has 2 rings (SSSR count). The first kappa shape index (κ1) is 8.54. The van der Waals surface area contributed by atoms with Crippen LogP contribution < -0.4 is 0 Å². The van der Waals surface area contributed by atoms with Crippen molar-refractivity contribution in [3.63, 3.8) is 0 Å². The molecule has 0 saturated carbocycles. The van der Waals surface area contributed by atoms with Crippen LogP contribution in [0.5, 0.6) is 0 Å². The average Bonchev–Trinajstić information content (AvgIpc) is 2.18. The van der Waals surface area contributed by atoms with Crippen molar-refractivity contribution in [1.82, 2.24) is 0 Å². The van der Waals surface area contributed by atoms with Crippen molar-refractivity contribution in [3.8, 4) is 0 Å². The summed E-state index contributed by atoms with van der Waals surface area (Å²) >= 11 is 5.90. The Hall–Kier alpha value is -1.05. The Kier molecular flexibility index (Phi) is 2.21. The highest BCUT2D eigenvalue weighted by Gasteiger charge is 2.04. The van der Waals surface area contributed by atoms with Crippen LogP contribution in [0.15, 0.2) is 36.4 Å². The Bertz CT molecular complexity index is 437. The van der Waals surface area contributed by atoms with Crippen LogP contribution in [0.25, 0.3) is 10.8 Å². The van der Waals surface area contributed by atoms with Crippen LogP contribution in [0.4, 0.5) is 0 Å². The highest BCUT2D eigenvalue weighted by atomic mass is 35.5. The normalized spacial score (nSPS) is 10.6. The lowest BCUT2D eigenvalue weighted by Gasteiger charge is -2.04. The molecule has 0 spiro atoms. The van der Waals surface area contributed by atoms with Gasteiger partial charge in [-0.15, -0.1) is 0 Å². The number of hydrogen-bond donors (Lipinski definition) is 0. The molecule has 0 bridgehead atoms. The van der Waals surface area contributed by atoms with Gasteiger partial charge in [0.15, 0.2) is 0 Å². The smallest absolute Gasteiger partial charge is 0.109 e. The summed E-state index contributed by atoms with van der Waals surface area (Å²) in [6.45, 7) is -0.264. The van der Waals surface area contributed by atoms with E-state index in [0.717, 1.165) is 10.8 Å². The van der Waals surface area contributed by atoms with Crippen LogP contribution in [0.2, 0.25) is 5.02 Å². The van der Waals surface area contributed by atoms with Crippen molar-refractivity contribution in [2.45, 2.75) is 6.61 Å². The summed E-state index contributed by atoms with van der Waals surface area (Å²) in [5, 5.41) is 13.5. The molecule has 0 aliphatic carbocycles. The van der Waals surface area contributed by atoms with Crippen LogP contribution in [0.1, 0.15) is 5.56 Å². The van der Waals surface area contributed by atoms with Gasteiger partial charge in [0.05, 0.1) is 0 Å². The van der Waals surface area contributed by atoms with E-state index in [4.69, 9.17) is 11.6 Å². The Morgan fingerprint density at radius 2 is 1.85 bits per heavy atom. The fraction of sp³-hybridized carbons (Fsp3) is 0.0909. The lowest BCUT2D eigenvalue weighted by Crippen LogP contribution is -1.85. The van der Waals surface area contributed by atoms with Crippen LogP contribution in [0, 0.1) is 0 Å². The number of halogens is 1. The average molecular weight is 192 g/mol. The van der Waals surface area contributed by atoms with E-state index in [0.29, 0.717) is 10.6 Å². The maximum absolute atomic E-state index is 10.9. The molecule has 0 aliphatic rings. The molecule has 0 atom stereocenters. The van der Waals surface area contributed by atoms with Crippen molar-refractivity contribution in [2.75, 3.05) is 0 Å². The molecule has 0 amide bonds. The Morgan fingerprint density at radius 3 is 2.62 bits per heavy atom. The zero-order valence-corrected chi connectivity index (χ0v) is 7.71. The fourth-order valence-corrected chi connectivity index (χ4v) is 1.68. The van der Waals surface area contributed by atoms with Crippen molar-refractivity contribution in [2.24, 2.45) is 0 Å². The number of fused-ring (bicyclic) bond motifs is 1. The topological polar surface area (TPSA) is 19.9 Å². The zero-order chi connectivity index (χ0) is 9.26. The second-order valence-electron chi connectivity index (χ2n) is 2.89. The second kappa shape index (κ2) is 3.36. The van der Waals surface area contributed by atoms with Crippen LogP contribution >= 0.6 is 11.6 Å². The molecule has 13 heavy (non-hydrogen) atoms. The minimum Gasteiger partial charge on any atom is -0.231 e. The van der Waals surface area contributed by atoms with Crippen LogP contribution in [-0.4, -0.2) is 0 Å². The van der Waals surface area contributed by atoms with Gasteiger partial charge < -0.3 is 0 Å². The van der Waals surface area contributed by atoms with E-state index in [-0.39, 0.29) is 6.61 Å². The molecule has 0 N–H and O–H groups in total. The first-order chi connectivity index (χ1) is 6.33. The molecule has 0 aliphatic heterocycles. The van der Waals surface area contributed by atoms with Crippen molar-refractivity contribution in [1.29, 1.82) is 0 Å². The van der Waals surface area contributed by atoms with Gasteiger partial charge in [0.2, 0.25) is 0 Å². The van der Waals surface area contributed by atoms with Gasteiger partial charge in [0, 0.05) is 10.6 Å². The van der Waals surface area contributed by atoms with Crippen molar-refractivity contribution < 1.29 is 5.11 Å². The molecular formula is C11H8ClO. The van der Waals surface area contributed by atoms with Crippen molar-refractivity contribution in [3.05, 3.63) is 47.0 Å². The van der Waals surface area contributed by atoms with Gasteiger partial charge >= 0.3 is 0 Å². The third kappa shape index (κ3) is 1.41. The molecule has 2 aromatic carbocycles. The minimum atomic E-state index is -0.264. The molecular weight excluding hydrogens is 184 g/mol. The van der Waals surface area contributed by atoms with Gasteiger partial charge in [-0.1, -0.05) is 41.9 Å². The molecule has 0 fully saturated rings. The second-order valence-corrected chi connectivity index (χ2v) is 3.30. The SMILES string of the molecule is [O]Cc1c(Cl)ccc2ccccc12. The van der Waals surface area contributed by atoms with E-state index >= 15 is 0 Å². The molecule has 0 aromatic heterocycles. The van der Waals surface area contributed by atoms with Gasteiger partial charge in [0.1, 0.15) is 6.61 Å². The molecule has 2 aromatic rings. The number of hydrogen-bond acceptors (Lipinski definition) is 0. The summed E-state index contributed by atoms with van der Waals surface area (Å²) in [4.78, 5) is 0. The Labute approximate surface area is 81.6 Å². The largest absolute Gasteiger partial charge is 0.231 e. The molecule has 1 nitrogen and oxygen atoms in total. The zero-order valence-electron chi connectivity index (χ0n) is 6.96. The third-order valence-electron chi connectivity index (χ3n) is 2.13. The van der Waals surface area contributed by atoms with Crippen LogP contribution in [-0.2, 0) is 11.7 Å². The Morgan fingerprint density at radius 1 is 1.08 bits per heavy atom. The molecule has 2 heteroatoms. The van der Waals surface area contributed by atoms with Gasteiger partial charge in [-0.05, 0) is 16.8 Å². The number of rotatable bonds is 1. The van der Waals surface area contributed by atoms with Gasteiger partial charge in [-0.25, -0.2) is 5.11 Å². The van der Waals surface area contributed by atoms with Crippen molar-refractivity contribution >= 4 is 22.4 Å². The minimum absolute atomic E-state index is 0.264. The van der Waals surface area contributed by atoms with E-state index in [2.05, 4.69) is 0 Å². The summed E-state index contributed by atoms with van der Waals surface area (Å²) in [5.41, 5.74) is 0.694. The number of benzene rings is 2. The molecule has 0 heterocycles. The quantitative estimate of drug-likeness (QED) is 0.658. The predicted octanol–water partition coefficient (Wildman–Crippen LogP) is 3.42. The van der Waals surface area contributed by atoms with Crippen LogP contribution in [0.3, 0.4) is 0 Å². The van der Waals surface area contributed by atoms with E-state index in [9.17, 15) is 5.11 Å². The van der Waals surface area contributed by atoms with E-state index < -0.39 is 0 Å². The standard InChI is InChI=1S/C11H8ClO/c12-11-6-5-8-3-1-2-4-9(8)10(11)7-13/h1-6H,7H2. The highest BCUT2D eigenvalue weighted by Crippen LogP contribution is 2.25. The molecule has 65 valence electrons. The van der Waals surface area contributed by atoms with E-state index in [1.54, 1.807) is 6.07 Å². The van der Waals surface area contributed by atoms with E-state index in [1.807, 2.05) is 30.3 Å². The monoisotopic (exact) mass is 191 g/mol. The summed E-state index contributed by atoms with van der Waals surface area (Å²) in [6, 6.07) is 11.5. The molecule has 1 radical (unpaired) electrons. The lowest BCUT2D eigenvalue weighted by atomic mass is 10.1. The summed E-state index contributed by atoms with van der Waals surface area (Å²) in [7, 11) is 0. The summed E-state index contributed by atoms with van der Waals surface area (Å²) in [5.74, 6) is 0. The van der Waals surface area contributed by atoms with Gasteiger partial charge in [0.25, 0.3) is 0 Å². The lowest BCUT2D eigenvalue weighted by molar-refractivity contribution is 0.179. The first-order valence-corrected chi connectivity index (χ1v) is 4.45. The molecule has 0 saturated heterocycles. The predicted molar refractivity (Wildman–Crippen MR) is 53.3 cm³/mol. The summed E-state index contributed by atoms with van der Waals surface area (Å²) < 4.78 is 0. The summed E-state index contributed by atoms with van der Waals surface area (Å²) in [6.07, 6.45) is 0. The Balaban J connectivity index is 2.84.